The Balaban J connectivity index is 3.69. The van der Waals surface area contributed by atoms with Crippen molar-refractivity contribution in [3.63, 3.8) is 0 Å². The second kappa shape index (κ2) is 50.9. The number of unbranched alkanes of at least 4 members (excludes halogenated alkanes) is 15. The van der Waals surface area contributed by atoms with Gasteiger partial charge < -0.3 is 109 Å². The number of hydrogen-bond donors (Lipinski definition) is 12. The molecule has 436 valence electrons. The molecule has 0 aromatic rings. The molecule has 0 aromatic heterocycles. The van der Waals surface area contributed by atoms with Crippen LogP contribution >= 0.6 is 0 Å². The molecule has 0 bridgehead atoms. The lowest BCUT2D eigenvalue weighted by Crippen LogP contribution is -2.32. The van der Waals surface area contributed by atoms with E-state index in [1.807, 2.05) is 0 Å². The molecule has 0 amide bonds. The van der Waals surface area contributed by atoms with E-state index in [-0.39, 0.29) is 138 Å². The van der Waals surface area contributed by atoms with E-state index in [1.54, 1.807) is 0 Å². The smallest absolute Gasteiger partial charge is 0.305 e. The van der Waals surface area contributed by atoms with Gasteiger partial charge in [-0.25, -0.2) is 0 Å². The lowest BCUT2D eigenvalue weighted by molar-refractivity contribution is -0.165. The van der Waals surface area contributed by atoms with Crippen molar-refractivity contribution in [3.8, 4) is 0 Å². The van der Waals surface area contributed by atoms with Gasteiger partial charge in [0, 0.05) is 12.8 Å². The minimum Gasteiger partial charge on any atom is -0.481 e. The maximum Gasteiger partial charge on any atom is 0.305 e. The molecule has 0 rings (SSSR count). The zero-order valence-electron chi connectivity index (χ0n) is 43.2. The molecule has 0 aliphatic rings. The van der Waals surface area contributed by atoms with Gasteiger partial charge in [-0.05, 0) is 12.8 Å². The lowest BCUT2D eigenvalue weighted by atomic mass is 10.0. The first kappa shape index (κ1) is 71.1. The third kappa shape index (κ3) is 52.0. The molecule has 10 atom stereocenters. The summed E-state index contributed by atoms with van der Waals surface area (Å²) in [6.07, 6.45) is 7.50. The fourth-order valence-electron chi connectivity index (χ4n) is 6.68. The highest BCUT2D eigenvalue weighted by Crippen LogP contribution is 2.15. The van der Waals surface area contributed by atoms with Gasteiger partial charge in [0.05, 0.1) is 119 Å². The maximum absolute atomic E-state index is 12.1. The SMILES string of the molecule is O=C(O)CCCCCCCCCCCCCCCCCCC(=O)OCC(O)COCC(O)COCC(O)COCC(O)COCC(O)COCC(O)COC(O)COCC(O)COCC(O)COCC(O)CO. The van der Waals surface area contributed by atoms with Gasteiger partial charge in [-0.2, -0.15) is 0 Å². The maximum atomic E-state index is 12.1. The van der Waals surface area contributed by atoms with Gasteiger partial charge in [0.25, 0.3) is 0 Å². The molecular formula is C49H96O24. The van der Waals surface area contributed by atoms with Crippen LogP contribution in [0.15, 0.2) is 0 Å². The van der Waals surface area contributed by atoms with Crippen molar-refractivity contribution in [1.82, 2.24) is 0 Å². The molecule has 0 saturated carbocycles. The largest absolute Gasteiger partial charge is 0.481 e. The standard InChI is InChI=1S/C49H96O24/c50-19-38(51)20-64-21-39(52)22-68-31-44(57)32-71-37-49(63)73-36-46(59)34-70-30-43(56)28-67-26-41(54)24-65-23-40(53)25-66-27-42(55)29-69-33-45(58)35-72-48(62)18-16-14-12-10-8-6-4-2-1-3-5-7-9-11-13-15-17-47(60)61/h38-46,49-59,63H,1-37H2,(H,60,61). The third-order valence-electron chi connectivity index (χ3n) is 10.6. The summed E-state index contributed by atoms with van der Waals surface area (Å²) in [4.78, 5) is 22.6. The Morgan fingerprint density at radius 3 is 0.808 bits per heavy atom. The molecule has 0 radical (unpaired) electrons. The molecule has 0 saturated heterocycles. The second-order valence-corrected chi connectivity index (χ2v) is 18.4. The Kier molecular flexibility index (Phi) is 49.6. The van der Waals surface area contributed by atoms with Crippen molar-refractivity contribution in [2.75, 3.05) is 126 Å². The number of rotatable bonds is 57. The van der Waals surface area contributed by atoms with Gasteiger partial charge in [-0.15, -0.1) is 0 Å². The van der Waals surface area contributed by atoms with Gasteiger partial charge in [0.1, 0.15) is 61.5 Å². The minimum absolute atomic E-state index is 0.140. The Bertz CT molecular complexity index is 1210. The fourth-order valence-corrected chi connectivity index (χ4v) is 6.68. The van der Waals surface area contributed by atoms with E-state index in [2.05, 4.69) is 0 Å². The Labute approximate surface area is 431 Å². The highest BCUT2D eigenvalue weighted by molar-refractivity contribution is 5.69. The lowest BCUT2D eigenvalue weighted by Gasteiger charge is -2.19. The quantitative estimate of drug-likeness (QED) is 0.0204. The first-order valence-corrected chi connectivity index (χ1v) is 26.1. The summed E-state index contributed by atoms with van der Waals surface area (Å²) >= 11 is 0. The molecule has 24 heteroatoms. The fraction of sp³-hybridized carbons (Fsp3) is 0.959. The average molecular weight is 1070 g/mol. The summed E-state index contributed by atoms with van der Waals surface area (Å²) in [7, 11) is 0. The van der Waals surface area contributed by atoms with Gasteiger partial charge in [0.15, 0.2) is 6.29 Å². The second-order valence-electron chi connectivity index (χ2n) is 18.4. The van der Waals surface area contributed by atoms with Gasteiger partial charge in [-0.3, -0.25) is 9.59 Å². The van der Waals surface area contributed by atoms with E-state index in [0.29, 0.717) is 0 Å². The molecule has 24 nitrogen and oxygen atoms in total. The van der Waals surface area contributed by atoms with Crippen LogP contribution in [0.25, 0.3) is 0 Å². The molecule has 0 aliphatic heterocycles. The predicted molar refractivity (Wildman–Crippen MR) is 261 cm³/mol. The summed E-state index contributed by atoms with van der Waals surface area (Å²) in [6.45, 7) is -4.09. The van der Waals surface area contributed by atoms with Crippen molar-refractivity contribution >= 4 is 11.9 Å². The van der Waals surface area contributed by atoms with Gasteiger partial charge in [0.2, 0.25) is 0 Å². The Hall–Kier alpha value is -1.86. The summed E-state index contributed by atoms with van der Waals surface area (Å²) in [5, 5.41) is 116. The number of hydrogen-bond acceptors (Lipinski definition) is 23. The van der Waals surface area contributed by atoms with Gasteiger partial charge in [-0.1, -0.05) is 89.9 Å². The number of carboxylic acids is 1. The molecule has 0 aliphatic carbocycles. The highest BCUT2D eigenvalue weighted by atomic mass is 16.6. The van der Waals surface area contributed by atoms with E-state index in [0.717, 1.165) is 44.9 Å². The molecule has 0 fully saturated rings. The van der Waals surface area contributed by atoms with Crippen LogP contribution in [0, 0.1) is 0 Å². The number of esters is 1. The van der Waals surface area contributed by atoms with E-state index in [9.17, 15) is 60.7 Å². The van der Waals surface area contributed by atoms with Crippen molar-refractivity contribution in [2.24, 2.45) is 0 Å². The number of carbonyl (C=O) groups excluding carboxylic acids is 1. The first-order chi connectivity index (χ1) is 35.1. The van der Waals surface area contributed by atoms with E-state index in [4.69, 9.17) is 57.6 Å². The molecular weight excluding hydrogens is 973 g/mol. The normalized spacial score (nSPS) is 16.1. The van der Waals surface area contributed by atoms with Crippen LogP contribution in [-0.4, -0.2) is 260 Å². The van der Waals surface area contributed by atoms with Crippen LogP contribution in [0.4, 0.5) is 0 Å². The molecule has 0 spiro atoms. The molecule has 10 unspecified atom stereocenters. The summed E-state index contributed by atoms with van der Waals surface area (Å²) in [5.74, 6) is -1.08. The van der Waals surface area contributed by atoms with E-state index in [1.165, 1.54) is 57.8 Å². The van der Waals surface area contributed by atoms with Crippen LogP contribution in [0.3, 0.4) is 0 Å². The monoisotopic (exact) mass is 1070 g/mol. The molecule has 12 N–H and O–H groups in total. The number of aliphatic hydroxyl groups is 11. The number of aliphatic carboxylic acids is 1. The van der Waals surface area contributed by atoms with Crippen molar-refractivity contribution in [3.05, 3.63) is 0 Å². The number of carboxylic acid groups (broad SMARTS) is 1. The zero-order chi connectivity index (χ0) is 54.2. The van der Waals surface area contributed by atoms with E-state index >= 15 is 0 Å². The molecule has 0 heterocycles. The van der Waals surface area contributed by atoms with Crippen LogP contribution in [0.5, 0.6) is 0 Å². The first-order valence-electron chi connectivity index (χ1n) is 26.1. The molecule has 0 aromatic carbocycles. The van der Waals surface area contributed by atoms with Crippen LogP contribution < -0.4 is 0 Å². The van der Waals surface area contributed by atoms with Crippen molar-refractivity contribution in [1.29, 1.82) is 0 Å². The minimum atomic E-state index is -1.43. The van der Waals surface area contributed by atoms with Gasteiger partial charge >= 0.3 is 11.9 Å². The highest BCUT2D eigenvalue weighted by Gasteiger charge is 2.17. The summed E-state index contributed by atoms with van der Waals surface area (Å²) in [5.41, 5.74) is 0. The topological polar surface area (TPSA) is 369 Å². The Morgan fingerprint density at radius 2 is 0.521 bits per heavy atom. The molecule has 73 heavy (non-hydrogen) atoms. The average Bonchev–Trinajstić information content (AvgIpc) is 3.34. The van der Waals surface area contributed by atoms with Crippen LogP contribution in [0.2, 0.25) is 0 Å². The number of ether oxygens (including phenoxy) is 10. The summed E-state index contributed by atoms with van der Waals surface area (Å²) < 4.78 is 51.8. The number of aliphatic hydroxyl groups excluding tert-OH is 11. The third-order valence-corrected chi connectivity index (χ3v) is 10.6. The number of carbonyl (C=O) groups is 2. The van der Waals surface area contributed by atoms with Crippen LogP contribution in [-0.2, 0) is 57.0 Å². The van der Waals surface area contributed by atoms with E-state index < -0.39 is 73.8 Å². The van der Waals surface area contributed by atoms with Crippen molar-refractivity contribution in [2.45, 2.75) is 177 Å². The Morgan fingerprint density at radius 1 is 0.288 bits per heavy atom. The van der Waals surface area contributed by atoms with Crippen molar-refractivity contribution < 1.29 is 118 Å². The predicted octanol–water partition coefficient (Wildman–Crippen LogP) is -0.656. The van der Waals surface area contributed by atoms with Crippen LogP contribution in [0.1, 0.15) is 116 Å². The zero-order valence-corrected chi connectivity index (χ0v) is 43.2. The summed E-state index contributed by atoms with van der Waals surface area (Å²) in [6, 6.07) is 0.